The van der Waals surface area contributed by atoms with Gasteiger partial charge in [0.25, 0.3) is 5.91 Å². The molecule has 1 heterocycles. The van der Waals surface area contributed by atoms with Crippen molar-refractivity contribution in [1.29, 1.82) is 0 Å². The first-order chi connectivity index (χ1) is 9.87. The second-order valence-corrected chi connectivity index (χ2v) is 5.85. The summed E-state index contributed by atoms with van der Waals surface area (Å²) in [7, 11) is 3.95. The van der Waals surface area contributed by atoms with Gasteiger partial charge >= 0.3 is 0 Å². The quantitative estimate of drug-likeness (QED) is 0.922. The van der Waals surface area contributed by atoms with Gasteiger partial charge in [0, 0.05) is 38.4 Å². The number of hydrogen-bond acceptors (Lipinski definition) is 3. The number of rotatable bonds is 3. The van der Waals surface area contributed by atoms with Crippen molar-refractivity contribution in [3.05, 3.63) is 24.3 Å². The number of nitrogens with one attached hydrogen (secondary N) is 1. The maximum atomic E-state index is 12.8. The Hall–Kier alpha value is -2.04. The van der Waals surface area contributed by atoms with Crippen LogP contribution in [0.3, 0.4) is 0 Å². The number of carbonyl (C=O) groups is 2. The molecule has 1 aliphatic heterocycles. The molecule has 2 rings (SSSR count). The minimum absolute atomic E-state index is 0.0477. The molecule has 0 saturated carbocycles. The molecule has 1 aromatic carbocycles. The van der Waals surface area contributed by atoms with Gasteiger partial charge in [-0.25, -0.2) is 0 Å². The monoisotopic (exact) mass is 289 g/mol. The highest BCUT2D eigenvalue weighted by Gasteiger charge is 2.39. The Morgan fingerprint density at radius 2 is 1.86 bits per heavy atom. The van der Waals surface area contributed by atoms with Crippen LogP contribution in [0.2, 0.25) is 0 Å². The predicted octanol–water partition coefficient (Wildman–Crippen LogP) is 1.77. The molecule has 2 amide bonds. The van der Waals surface area contributed by atoms with E-state index in [4.69, 9.17) is 0 Å². The van der Waals surface area contributed by atoms with Crippen LogP contribution in [-0.4, -0.2) is 38.0 Å². The molecule has 0 aromatic heterocycles. The van der Waals surface area contributed by atoms with E-state index in [2.05, 4.69) is 5.32 Å². The minimum atomic E-state index is -0.826. The molecular formula is C16H23N3O2. The van der Waals surface area contributed by atoms with Crippen molar-refractivity contribution in [2.75, 3.05) is 30.4 Å². The van der Waals surface area contributed by atoms with Gasteiger partial charge in [0.15, 0.2) is 0 Å². The van der Waals surface area contributed by atoms with E-state index in [1.54, 1.807) is 11.8 Å². The van der Waals surface area contributed by atoms with Gasteiger partial charge in [-0.3, -0.25) is 9.59 Å². The Balaban J connectivity index is 2.32. The molecule has 114 valence electrons. The Labute approximate surface area is 125 Å². The van der Waals surface area contributed by atoms with Gasteiger partial charge < -0.3 is 15.1 Å². The molecule has 1 aliphatic rings. The molecule has 1 saturated heterocycles. The molecule has 0 aliphatic carbocycles. The third-order valence-corrected chi connectivity index (χ3v) is 4.08. The van der Waals surface area contributed by atoms with Crippen LogP contribution in [0, 0.1) is 0 Å². The average molecular weight is 289 g/mol. The number of hydrogen-bond donors (Lipinski definition) is 1. The first-order valence-corrected chi connectivity index (χ1v) is 7.28. The third kappa shape index (κ3) is 3.01. The van der Waals surface area contributed by atoms with Crippen LogP contribution in [0.5, 0.6) is 0 Å². The fourth-order valence-corrected chi connectivity index (χ4v) is 2.45. The summed E-state index contributed by atoms with van der Waals surface area (Å²) in [5.41, 5.74) is 1.09. The van der Waals surface area contributed by atoms with E-state index in [0.29, 0.717) is 19.4 Å². The lowest BCUT2D eigenvalue weighted by Crippen LogP contribution is -2.54. The molecule has 1 atom stereocenters. The van der Waals surface area contributed by atoms with Crippen molar-refractivity contribution >= 4 is 23.2 Å². The van der Waals surface area contributed by atoms with Gasteiger partial charge in [0.2, 0.25) is 5.91 Å². The Morgan fingerprint density at radius 3 is 2.38 bits per heavy atom. The lowest BCUT2D eigenvalue weighted by atomic mass is 9.97. The van der Waals surface area contributed by atoms with Crippen molar-refractivity contribution in [3.63, 3.8) is 0 Å². The summed E-state index contributed by atoms with van der Waals surface area (Å²) in [5, 5.41) is 2.85. The van der Waals surface area contributed by atoms with Crippen LogP contribution in [0.25, 0.3) is 0 Å². The van der Waals surface area contributed by atoms with Gasteiger partial charge in [-0.15, -0.1) is 0 Å². The van der Waals surface area contributed by atoms with E-state index < -0.39 is 5.54 Å². The van der Waals surface area contributed by atoms with Crippen molar-refractivity contribution in [3.8, 4) is 0 Å². The highest BCUT2D eigenvalue weighted by molar-refractivity contribution is 6.04. The second-order valence-electron chi connectivity index (χ2n) is 5.85. The smallest absolute Gasteiger partial charge is 0.252 e. The molecule has 1 fully saturated rings. The summed E-state index contributed by atoms with van der Waals surface area (Å²) >= 11 is 0. The molecule has 0 spiro atoms. The third-order valence-electron chi connectivity index (χ3n) is 4.08. The zero-order valence-corrected chi connectivity index (χ0v) is 13.1. The number of benzene rings is 1. The Kier molecular flexibility index (Phi) is 4.21. The van der Waals surface area contributed by atoms with Crippen LogP contribution in [0.1, 0.15) is 26.7 Å². The van der Waals surface area contributed by atoms with E-state index in [-0.39, 0.29) is 11.8 Å². The van der Waals surface area contributed by atoms with Crippen LogP contribution in [-0.2, 0) is 9.59 Å². The van der Waals surface area contributed by atoms with Gasteiger partial charge in [-0.05, 0) is 37.6 Å². The van der Waals surface area contributed by atoms with Crippen LogP contribution >= 0.6 is 0 Å². The molecular weight excluding hydrogens is 266 g/mol. The molecule has 1 N–H and O–H groups in total. The summed E-state index contributed by atoms with van der Waals surface area (Å²) in [4.78, 5) is 28.3. The van der Waals surface area contributed by atoms with Gasteiger partial charge in [-0.2, -0.15) is 0 Å². The van der Waals surface area contributed by atoms with E-state index in [1.165, 1.54) is 0 Å². The molecule has 5 heteroatoms. The van der Waals surface area contributed by atoms with Crippen molar-refractivity contribution < 1.29 is 9.59 Å². The zero-order chi connectivity index (χ0) is 15.6. The molecule has 5 nitrogen and oxygen atoms in total. The number of carbonyl (C=O) groups excluding carboxylic acids is 2. The summed E-state index contributed by atoms with van der Waals surface area (Å²) in [6, 6.07) is 7.82. The van der Waals surface area contributed by atoms with Crippen molar-refractivity contribution in [1.82, 2.24) is 5.32 Å². The summed E-state index contributed by atoms with van der Waals surface area (Å²) in [6.45, 7) is 4.12. The summed E-state index contributed by atoms with van der Waals surface area (Å²) < 4.78 is 0. The van der Waals surface area contributed by atoms with E-state index >= 15 is 0 Å². The van der Waals surface area contributed by atoms with Gasteiger partial charge in [0.05, 0.1) is 0 Å². The number of nitrogens with zero attached hydrogens (tertiary/aromatic N) is 2. The molecule has 0 bridgehead atoms. The molecule has 21 heavy (non-hydrogen) atoms. The first kappa shape index (κ1) is 15.4. The SMILES string of the molecule is CCC1(C)NC(=O)CCN(c2ccc(N(C)C)cc2)C1=O. The van der Waals surface area contributed by atoms with Crippen molar-refractivity contribution in [2.45, 2.75) is 32.2 Å². The van der Waals surface area contributed by atoms with E-state index in [0.717, 1.165) is 11.4 Å². The summed E-state index contributed by atoms with van der Waals surface area (Å²) in [6.07, 6.45) is 0.903. The van der Waals surface area contributed by atoms with E-state index in [9.17, 15) is 9.59 Å². The zero-order valence-electron chi connectivity index (χ0n) is 13.1. The number of anilines is 2. The minimum Gasteiger partial charge on any atom is -0.378 e. The fourth-order valence-electron chi connectivity index (χ4n) is 2.45. The fraction of sp³-hybridized carbons (Fsp3) is 0.500. The number of amides is 2. The average Bonchev–Trinajstić information content (AvgIpc) is 2.57. The maximum absolute atomic E-state index is 12.8. The highest BCUT2D eigenvalue weighted by atomic mass is 16.2. The van der Waals surface area contributed by atoms with Gasteiger partial charge in [-0.1, -0.05) is 6.92 Å². The van der Waals surface area contributed by atoms with Crippen molar-refractivity contribution in [2.24, 2.45) is 0 Å². The maximum Gasteiger partial charge on any atom is 0.252 e. The Morgan fingerprint density at radius 1 is 1.24 bits per heavy atom. The van der Waals surface area contributed by atoms with E-state index in [1.807, 2.05) is 50.2 Å². The Bertz CT molecular complexity index is 539. The molecule has 0 radical (unpaired) electrons. The van der Waals surface area contributed by atoms with Crippen LogP contribution in [0.4, 0.5) is 11.4 Å². The molecule has 1 aromatic rings. The lowest BCUT2D eigenvalue weighted by molar-refractivity contribution is -0.129. The largest absolute Gasteiger partial charge is 0.378 e. The summed E-state index contributed by atoms with van der Waals surface area (Å²) in [5.74, 6) is -0.117. The lowest BCUT2D eigenvalue weighted by Gasteiger charge is -2.31. The van der Waals surface area contributed by atoms with Crippen LogP contribution < -0.4 is 15.1 Å². The second kappa shape index (κ2) is 5.76. The highest BCUT2D eigenvalue weighted by Crippen LogP contribution is 2.25. The topological polar surface area (TPSA) is 52.7 Å². The first-order valence-electron chi connectivity index (χ1n) is 7.28. The van der Waals surface area contributed by atoms with Crippen LogP contribution in [0.15, 0.2) is 24.3 Å². The normalized spacial score (nSPS) is 22.8. The van der Waals surface area contributed by atoms with Gasteiger partial charge in [0.1, 0.15) is 5.54 Å². The molecule has 1 unspecified atom stereocenters. The predicted molar refractivity (Wildman–Crippen MR) is 84.6 cm³/mol. The standard InChI is InChI=1S/C16H23N3O2/c1-5-16(2)15(21)19(11-10-14(20)17-16)13-8-6-12(7-9-13)18(3)4/h6-9H,5,10-11H2,1-4H3,(H,17,20).